The van der Waals surface area contributed by atoms with E-state index in [2.05, 4.69) is 86.8 Å². The number of benzene rings is 2. The van der Waals surface area contributed by atoms with Crippen molar-refractivity contribution in [2.45, 2.75) is 6.04 Å². The highest BCUT2D eigenvalue weighted by Gasteiger charge is 2.25. The molecule has 1 aromatic heterocycles. The summed E-state index contributed by atoms with van der Waals surface area (Å²) in [5.74, 6) is -0.102. The average Bonchev–Trinajstić information content (AvgIpc) is 2.90. The van der Waals surface area contributed by atoms with Crippen molar-refractivity contribution >= 4 is 12.0 Å². The van der Waals surface area contributed by atoms with Gasteiger partial charge in [-0.2, -0.15) is 0 Å². The first kappa shape index (κ1) is 23.6. The maximum atomic E-state index is 11.9. The molecule has 0 radical (unpaired) electrons. The van der Waals surface area contributed by atoms with Crippen LogP contribution < -0.4 is 5.32 Å². The summed E-state index contributed by atoms with van der Waals surface area (Å²) >= 11 is 0. The molecule has 1 saturated heterocycles. The number of piperazine rings is 1. The molecule has 0 bridgehead atoms. The number of hydrogen-bond donors (Lipinski definition) is 1. The lowest BCUT2D eigenvalue weighted by Gasteiger charge is -2.39. The van der Waals surface area contributed by atoms with Gasteiger partial charge >= 0.3 is 0 Å². The lowest BCUT2D eigenvalue weighted by Crippen LogP contribution is -2.47. The topological polar surface area (TPSA) is 48.5 Å². The van der Waals surface area contributed by atoms with Gasteiger partial charge in [-0.15, -0.1) is 0 Å². The van der Waals surface area contributed by atoms with Crippen LogP contribution in [0.2, 0.25) is 0 Å². The number of amides is 1. The molecule has 4 rings (SSSR count). The van der Waals surface area contributed by atoms with E-state index < -0.39 is 0 Å². The van der Waals surface area contributed by atoms with Crippen molar-refractivity contribution in [1.82, 2.24) is 20.1 Å². The highest BCUT2D eigenvalue weighted by molar-refractivity contribution is 5.91. The van der Waals surface area contributed by atoms with Crippen LogP contribution in [0, 0.1) is 0 Å². The molecule has 5 heteroatoms. The molecule has 3 aromatic rings. The van der Waals surface area contributed by atoms with Gasteiger partial charge in [0.2, 0.25) is 5.91 Å². The third-order valence-corrected chi connectivity index (χ3v) is 6.04. The van der Waals surface area contributed by atoms with Crippen molar-refractivity contribution in [3.05, 3.63) is 120 Å². The number of nitrogens with zero attached hydrogens (tertiary/aromatic N) is 3. The third-order valence-electron chi connectivity index (χ3n) is 6.04. The Balaban J connectivity index is 1.22. The Bertz CT molecular complexity index is 1020. The molecule has 2 aromatic carbocycles. The van der Waals surface area contributed by atoms with E-state index in [1.807, 2.05) is 18.2 Å². The first-order valence-electron chi connectivity index (χ1n) is 11.9. The lowest BCUT2D eigenvalue weighted by atomic mass is 9.96. The van der Waals surface area contributed by atoms with Crippen LogP contribution in [0.4, 0.5) is 0 Å². The fourth-order valence-corrected chi connectivity index (χ4v) is 4.26. The average molecular weight is 453 g/mol. The fourth-order valence-electron chi connectivity index (χ4n) is 4.26. The summed E-state index contributed by atoms with van der Waals surface area (Å²) in [7, 11) is 0. The van der Waals surface area contributed by atoms with E-state index in [0.717, 1.165) is 38.3 Å². The van der Waals surface area contributed by atoms with Crippen LogP contribution in [0.15, 0.2) is 103 Å². The zero-order chi connectivity index (χ0) is 23.4. The molecule has 0 unspecified atom stereocenters. The van der Waals surface area contributed by atoms with Crippen LogP contribution in [0.5, 0.6) is 0 Å². The van der Waals surface area contributed by atoms with E-state index in [9.17, 15) is 4.79 Å². The van der Waals surface area contributed by atoms with Crippen LogP contribution in [0.1, 0.15) is 22.7 Å². The molecular formula is C29H32N4O. The van der Waals surface area contributed by atoms with Crippen LogP contribution >= 0.6 is 0 Å². The quantitative estimate of drug-likeness (QED) is 0.391. The Morgan fingerprint density at radius 2 is 1.56 bits per heavy atom. The first-order valence-corrected chi connectivity index (χ1v) is 11.9. The molecule has 0 atom stereocenters. The number of carbonyl (C=O) groups excluding carboxylic acids is 1. The maximum absolute atomic E-state index is 11.9. The highest BCUT2D eigenvalue weighted by Crippen LogP contribution is 2.29. The van der Waals surface area contributed by atoms with E-state index in [-0.39, 0.29) is 11.9 Å². The lowest BCUT2D eigenvalue weighted by molar-refractivity contribution is -0.116. The minimum Gasteiger partial charge on any atom is -0.349 e. The molecule has 1 N–H and O–H groups in total. The van der Waals surface area contributed by atoms with Gasteiger partial charge in [0.15, 0.2) is 0 Å². The van der Waals surface area contributed by atoms with Crippen LogP contribution in [-0.2, 0) is 4.79 Å². The van der Waals surface area contributed by atoms with Crippen molar-refractivity contribution in [1.29, 1.82) is 0 Å². The van der Waals surface area contributed by atoms with Crippen molar-refractivity contribution in [2.75, 3.05) is 39.3 Å². The van der Waals surface area contributed by atoms with E-state index in [4.69, 9.17) is 0 Å². The number of rotatable bonds is 9. The van der Waals surface area contributed by atoms with E-state index in [1.165, 1.54) is 11.1 Å². The summed E-state index contributed by atoms with van der Waals surface area (Å²) in [5, 5.41) is 2.89. The summed E-state index contributed by atoms with van der Waals surface area (Å²) in [6.07, 6.45) is 10.9. The summed E-state index contributed by atoms with van der Waals surface area (Å²) in [5.41, 5.74) is 3.60. The molecule has 5 nitrogen and oxygen atoms in total. The van der Waals surface area contributed by atoms with Gasteiger partial charge in [0.25, 0.3) is 0 Å². The monoisotopic (exact) mass is 452 g/mol. The molecule has 2 heterocycles. The minimum absolute atomic E-state index is 0.102. The summed E-state index contributed by atoms with van der Waals surface area (Å²) in [4.78, 5) is 21.0. The highest BCUT2D eigenvalue weighted by atomic mass is 16.1. The minimum atomic E-state index is -0.102. The maximum Gasteiger partial charge on any atom is 0.244 e. The molecule has 1 aliphatic rings. The smallest absolute Gasteiger partial charge is 0.244 e. The van der Waals surface area contributed by atoms with E-state index in [1.54, 1.807) is 24.5 Å². The molecular weight excluding hydrogens is 420 g/mol. The predicted octanol–water partition coefficient (Wildman–Crippen LogP) is 4.17. The summed E-state index contributed by atoms with van der Waals surface area (Å²) in [6, 6.07) is 25.6. The van der Waals surface area contributed by atoms with Gasteiger partial charge in [0, 0.05) is 57.7 Å². The number of carbonyl (C=O) groups is 1. The predicted molar refractivity (Wildman–Crippen MR) is 138 cm³/mol. The number of pyridine rings is 1. The second kappa shape index (κ2) is 12.6. The Labute approximate surface area is 202 Å². The van der Waals surface area contributed by atoms with Crippen molar-refractivity contribution in [3.8, 4) is 0 Å². The molecule has 1 aliphatic heterocycles. The number of hydrogen-bond acceptors (Lipinski definition) is 4. The third kappa shape index (κ3) is 6.98. The van der Waals surface area contributed by atoms with E-state index in [0.29, 0.717) is 6.54 Å². The van der Waals surface area contributed by atoms with Crippen molar-refractivity contribution in [3.63, 3.8) is 0 Å². The normalized spacial score (nSPS) is 15.3. The van der Waals surface area contributed by atoms with Gasteiger partial charge in [-0.25, -0.2) is 0 Å². The van der Waals surface area contributed by atoms with Gasteiger partial charge in [-0.1, -0.05) is 78.9 Å². The Kier molecular flexibility index (Phi) is 8.77. The molecule has 0 aliphatic carbocycles. The SMILES string of the molecule is O=C(C=Cc1cccnc1)NCC=CCN1CCN(C(c2ccccc2)c2ccccc2)CC1. The molecule has 174 valence electrons. The zero-order valence-electron chi connectivity index (χ0n) is 19.5. The largest absolute Gasteiger partial charge is 0.349 e. The van der Waals surface area contributed by atoms with Gasteiger partial charge in [0.05, 0.1) is 6.04 Å². The zero-order valence-corrected chi connectivity index (χ0v) is 19.5. The van der Waals surface area contributed by atoms with Gasteiger partial charge in [-0.05, 0) is 28.8 Å². The van der Waals surface area contributed by atoms with Crippen molar-refractivity contribution < 1.29 is 4.79 Å². The molecule has 1 amide bonds. The van der Waals surface area contributed by atoms with Crippen LogP contribution in [-0.4, -0.2) is 60.0 Å². The first-order chi connectivity index (χ1) is 16.8. The standard InChI is InChI=1S/C29H32N4O/c34-28(16-15-25-10-9-17-30-24-25)31-18-7-8-19-32-20-22-33(23-21-32)29(26-11-3-1-4-12-26)27-13-5-2-6-14-27/h1-17,24,29H,18-23H2,(H,31,34). The summed E-state index contributed by atoms with van der Waals surface area (Å²) < 4.78 is 0. The number of nitrogens with one attached hydrogen (secondary N) is 1. The summed E-state index contributed by atoms with van der Waals surface area (Å²) in [6.45, 7) is 5.54. The molecule has 34 heavy (non-hydrogen) atoms. The molecule has 1 fully saturated rings. The number of aromatic nitrogens is 1. The van der Waals surface area contributed by atoms with Crippen LogP contribution in [0.3, 0.4) is 0 Å². The van der Waals surface area contributed by atoms with Crippen LogP contribution in [0.25, 0.3) is 6.08 Å². The van der Waals surface area contributed by atoms with Crippen molar-refractivity contribution in [2.24, 2.45) is 0 Å². The Hall–Kier alpha value is -3.54. The van der Waals surface area contributed by atoms with Gasteiger partial charge in [-0.3, -0.25) is 19.6 Å². The Morgan fingerprint density at radius 3 is 2.18 bits per heavy atom. The van der Waals surface area contributed by atoms with Gasteiger partial charge in [0.1, 0.15) is 0 Å². The molecule has 0 saturated carbocycles. The second-order valence-corrected chi connectivity index (χ2v) is 8.40. The second-order valence-electron chi connectivity index (χ2n) is 8.40. The molecule has 0 spiro atoms. The van der Waals surface area contributed by atoms with E-state index >= 15 is 0 Å². The fraction of sp³-hybridized carbons (Fsp3) is 0.241. The van der Waals surface area contributed by atoms with Gasteiger partial charge < -0.3 is 5.32 Å². The Morgan fingerprint density at radius 1 is 0.882 bits per heavy atom.